The molecule has 0 aliphatic carbocycles. The van der Waals surface area contributed by atoms with Gasteiger partial charge in [0.15, 0.2) is 0 Å². The van der Waals surface area contributed by atoms with Gasteiger partial charge in [-0.25, -0.2) is 9.97 Å². The molecular weight excluding hydrogens is 270 g/mol. The first kappa shape index (κ1) is 14.8. The van der Waals surface area contributed by atoms with Gasteiger partial charge in [0.25, 0.3) is 0 Å². The van der Waals surface area contributed by atoms with Crippen molar-refractivity contribution in [3.63, 3.8) is 0 Å². The molecule has 0 N–H and O–H groups in total. The zero-order chi connectivity index (χ0) is 14.5. The molecule has 0 fully saturated rings. The summed E-state index contributed by atoms with van der Waals surface area (Å²) in [4.78, 5) is 11.2. The molecule has 0 bridgehead atoms. The number of halogens is 1. The Morgan fingerprint density at radius 2 is 1.80 bits per heavy atom. The maximum absolute atomic E-state index is 6.27. The zero-order valence-corrected chi connectivity index (χ0v) is 13.0. The summed E-state index contributed by atoms with van der Waals surface area (Å²) in [6.07, 6.45) is 1.86. The van der Waals surface area contributed by atoms with Gasteiger partial charge in [-0.3, -0.25) is 0 Å². The normalized spacial score (nSPS) is 10.6. The molecule has 0 unspecified atom stereocenters. The SMILES string of the molecule is CCCc1nc(Cl)c(C)c(N(CC)c2ccccc2)n1. The molecule has 0 radical (unpaired) electrons. The van der Waals surface area contributed by atoms with Crippen LogP contribution in [-0.2, 0) is 6.42 Å². The standard InChI is InChI=1S/C16H20ClN3/c1-4-9-14-18-15(17)12(3)16(19-14)20(5-2)13-10-7-6-8-11-13/h6-8,10-11H,4-5,9H2,1-3H3. The first-order valence-electron chi connectivity index (χ1n) is 7.03. The average Bonchev–Trinajstić information content (AvgIpc) is 2.46. The van der Waals surface area contributed by atoms with Crippen LogP contribution in [0.3, 0.4) is 0 Å². The van der Waals surface area contributed by atoms with Crippen molar-refractivity contribution >= 4 is 23.1 Å². The second kappa shape index (κ2) is 6.71. The monoisotopic (exact) mass is 289 g/mol. The van der Waals surface area contributed by atoms with Gasteiger partial charge in [-0.15, -0.1) is 0 Å². The molecule has 4 heteroatoms. The average molecular weight is 290 g/mol. The highest BCUT2D eigenvalue weighted by Gasteiger charge is 2.15. The Morgan fingerprint density at radius 1 is 1.10 bits per heavy atom. The van der Waals surface area contributed by atoms with Crippen LogP contribution in [-0.4, -0.2) is 16.5 Å². The number of hydrogen-bond donors (Lipinski definition) is 0. The minimum Gasteiger partial charge on any atom is -0.326 e. The van der Waals surface area contributed by atoms with Crippen molar-refractivity contribution in [2.75, 3.05) is 11.4 Å². The Hall–Kier alpha value is -1.61. The Morgan fingerprint density at radius 3 is 2.40 bits per heavy atom. The lowest BCUT2D eigenvalue weighted by molar-refractivity contribution is 0.820. The maximum Gasteiger partial charge on any atom is 0.141 e. The molecule has 0 saturated carbocycles. The number of anilines is 2. The van der Waals surface area contributed by atoms with Gasteiger partial charge in [-0.1, -0.05) is 36.7 Å². The van der Waals surface area contributed by atoms with Crippen LogP contribution in [0.1, 0.15) is 31.7 Å². The highest BCUT2D eigenvalue weighted by Crippen LogP contribution is 2.29. The summed E-state index contributed by atoms with van der Waals surface area (Å²) in [5, 5.41) is 0.549. The summed E-state index contributed by atoms with van der Waals surface area (Å²) in [6.45, 7) is 7.04. The third kappa shape index (κ3) is 3.10. The van der Waals surface area contributed by atoms with Gasteiger partial charge < -0.3 is 4.90 Å². The number of para-hydroxylation sites is 1. The second-order valence-corrected chi connectivity index (χ2v) is 5.07. The lowest BCUT2D eigenvalue weighted by Crippen LogP contribution is -2.20. The summed E-state index contributed by atoms with van der Waals surface area (Å²) in [5.41, 5.74) is 2.05. The number of benzene rings is 1. The Labute approximate surface area is 125 Å². The summed E-state index contributed by atoms with van der Waals surface area (Å²) in [6, 6.07) is 10.2. The number of nitrogens with zero attached hydrogens (tertiary/aromatic N) is 3. The van der Waals surface area contributed by atoms with E-state index in [1.165, 1.54) is 0 Å². The van der Waals surface area contributed by atoms with Crippen LogP contribution in [0.15, 0.2) is 30.3 Å². The van der Waals surface area contributed by atoms with Crippen LogP contribution >= 0.6 is 11.6 Å². The van der Waals surface area contributed by atoms with Crippen LogP contribution in [0.4, 0.5) is 11.5 Å². The van der Waals surface area contributed by atoms with Crippen LogP contribution in [0.25, 0.3) is 0 Å². The van der Waals surface area contributed by atoms with Crippen molar-refractivity contribution in [1.82, 2.24) is 9.97 Å². The van der Waals surface area contributed by atoms with E-state index in [0.717, 1.165) is 42.3 Å². The third-order valence-electron chi connectivity index (χ3n) is 3.22. The molecule has 1 aromatic carbocycles. The summed E-state index contributed by atoms with van der Waals surface area (Å²) >= 11 is 6.27. The number of aromatic nitrogens is 2. The van der Waals surface area contributed by atoms with E-state index in [9.17, 15) is 0 Å². The van der Waals surface area contributed by atoms with Gasteiger partial charge in [0.1, 0.15) is 16.8 Å². The lowest BCUT2D eigenvalue weighted by Gasteiger charge is -2.24. The quantitative estimate of drug-likeness (QED) is 0.756. The largest absolute Gasteiger partial charge is 0.326 e. The molecule has 2 rings (SSSR count). The molecule has 0 aliphatic heterocycles. The predicted molar refractivity (Wildman–Crippen MR) is 84.9 cm³/mol. The summed E-state index contributed by atoms with van der Waals surface area (Å²) in [5.74, 6) is 1.72. The fourth-order valence-electron chi connectivity index (χ4n) is 2.18. The van der Waals surface area contributed by atoms with E-state index < -0.39 is 0 Å². The highest BCUT2D eigenvalue weighted by atomic mass is 35.5. The van der Waals surface area contributed by atoms with Gasteiger partial charge >= 0.3 is 0 Å². The van der Waals surface area contributed by atoms with Gasteiger partial charge in [0.2, 0.25) is 0 Å². The third-order valence-corrected chi connectivity index (χ3v) is 3.59. The molecule has 1 aromatic heterocycles. The lowest BCUT2D eigenvalue weighted by atomic mass is 10.2. The fraction of sp³-hybridized carbons (Fsp3) is 0.375. The van der Waals surface area contributed by atoms with Crippen molar-refractivity contribution in [3.05, 3.63) is 46.9 Å². The van der Waals surface area contributed by atoms with Crippen molar-refractivity contribution in [1.29, 1.82) is 0 Å². The molecule has 0 spiro atoms. The van der Waals surface area contributed by atoms with E-state index >= 15 is 0 Å². The molecule has 0 aliphatic rings. The Balaban J connectivity index is 2.48. The van der Waals surface area contributed by atoms with E-state index in [0.29, 0.717) is 5.15 Å². The molecule has 0 atom stereocenters. The fourth-order valence-corrected chi connectivity index (χ4v) is 2.36. The van der Waals surface area contributed by atoms with Crippen molar-refractivity contribution in [2.24, 2.45) is 0 Å². The molecule has 0 saturated heterocycles. The van der Waals surface area contributed by atoms with Crippen LogP contribution in [0.2, 0.25) is 5.15 Å². The molecule has 0 amide bonds. The van der Waals surface area contributed by atoms with E-state index in [-0.39, 0.29) is 0 Å². The number of rotatable bonds is 5. The van der Waals surface area contributed by atoms with Gasteiger partial charge in [-0.2, -0.15) is 0 Å². The van der Waals surface area contributed by atoms with E-state index in [4.69, 9.17) is 16.6 Å². The van der Waals surface area contributed by atoms with E-state index in [1.54, 1.807) is 0 Å². The Bertz CT molecular complexity index is 569. The molecule has 3 nitrogen and oxygen atoms in total. The van der Waals surface area contributed by atoms with Gasteiger partial charge in [0, 0.05) is 24.2 Å². The number of hydrogen-bond acceptors (Lipinski definition) is 3. The summed E-state index contributed by atoms with van der Waals surface area (Å²) < 4.78 is 0. The summed E-state index contributed by atoms with van der Waals surface area (Å²) in [7, 11) is 0. The first-order chi connectivity index (χ1) is 9.67. The number of aryl methyl sites for hydroxylation is 1. The van der Waals surface area contributed by atoms with E-state index in [1.807, 2.05) is 25.1 Å². The predicted octanol–water partition coefficient (Wildman–Crippen LogP) is 4.55. The minimum absolute atomic E-state index is 0.549. The topological polar surface area (TPSA) is 29.0 Å². The molecule has 106 valence electrons. The smallest absolute Gasteiger partial charge is 0.141 e. The molecule has 20 heavy (non-hydrogen) atoms. The molecule has 1 heterocycles. The van der Waals surface area contributed by atoms with Crippen molar-refractivity contribution < 1.29 is 0 Å². The van der Waals surface area contributed by atoms with Crippen LogP contribution in [0.5, 0.6) is 0 Å². The van der Waals surface area contributed by atoms with Gasteiger partial charge in [0.05, 0.1) is 0 Å². The van der Waals surface area contributed by atoms with Crippen molar-refractivity contribution in [3.8, 4) is 0 Å². The van der Waals surface area contributed by atoms with Crippen LogP contribution in [0, 0.1) is 6.92 Å². The van der Waals surface area contributed by atoms with Crippen LogP contribution < -0.4 is 4.90 Å². The molecular formula is C16H20ClN3. The highest BCUT2D eigenvalue weighted by molar-refractivity contribution is 6.30. The van der Waals surface area contributed by atoms with Gasteiger partial charge in [-0.05, 0) is 32.4 Å². The molecule has 2 aromatic rings. The first-order valence-corrected chi connectivity index (χ1v) is 7.40. The minimum atomic E-state index is 0.549. The van der Waals surface area contributed by atoms with Crippen molar-refractivity contribution in [2.45, 2.75) is 33.6 Å². The maximum atomic E-state index is 6.27. The second-order valence-electron chi connectivity index (χ2n) is 4.71. The Kier molecular flexibility index (Phi) is 4.96. The zero-order valence-electron chi connectivity index (χ0n) is 12.2. The van der Waals surface area contributed by atoms with E-state index in [2.05, 4.69) is 35.9 Å².